The van der Waals surface area contributed by atoms with Crippen LogP contribution < -0.4 is 5.32 Å². The molecule has 5 nitrogen and oxygen atoms in total. The molecule has 21 heavy (non-hydrogen) atoms. The lowest BCUT2D eigenvalue weighted by Gasteiger charge is -2.18. The second kappa shape index (κ2) is 5.91. The molecule has 5 heteroatoms. The Balaban J connectivity index is 2.09. The average Bonchev–Trinajstić information content (AvgIpc) is 2.45. The van der Waals surface area contributed by atoms with Crippen molar-refractivity contribution in [1.82, 2.24) is 4.98 Å². The van der Waals surface area contributed by atoms with Crippen LogP contribution in [-0.2, 0) is 12.0 Å². The first-order valence-corrected chi connectivity index (χ1v) is 6.80. The largest absolute Gasteiger partial charge is 0.366 e. The van der Waals surface area contributed by atoms with E-state index >= 15 is 0 Å². The second-order valence-corrected chi connectivity index (χ2v) is 5.92. The van der Waals surface area contributed by atoms with Gasteiger partial charge in [0.05, 0.1) is 4.92 Å². The van der Waals surface area contributed by atoms with Crippen LogP contribution in [0.2, 0.25) is 0 Å². The summed E-state index contributed by atoms with van der Waals surface area (Å²) in [5, 5.41) is 14.1. The minimum absolute atomic E-state index is 0.0593. The summed E-state index contributed by atoms with van der Waals surface area (Å²) in [4.78, 5) is 14.9. The summed E-state index contributed by atoms with van der Waals surface area (Å²) in [7, 11) is 0. The first kappa shape index (κ1) is 15.0. The molecule has 2 aromatic rings. The molecule has 1 heterocycles. The van der Waals surface area contributed by atoms with E-state index in [1.54, 1.807) is 18.2 Å². The highest BCUT2D eigenvalue weighted by Crippen LogP contribution is 2.23. The normalized spacial score (nSPS) is 11.2. The van der Waals surface area contributed by atoms with Crippen molar-refractivity contribution in [3.8, 4) is 0 Å². The predicted molar refractivity (Wildman–Crippen MR) is 83.4 cm³/mol. The Hall–Kier alpha value is -2.43. The van der Waals surface area contributed by atoms with Crippen LogP contribution in [-0.4, -0.2) is 9.91 Å². The lowest BCUT2D eigenvalue weighted by Crippen LogP contribution is -2.12. The molecule has 0 radical (unpaired) electrons. The topological polar surface area (TPSA) is 68.1 Å². The van der Waals surface area contributed by atoms with E-state index < -0.39 is 0 Å². The van der Waals surface area contributed by atoms with E-state index in [1.165, 1.54) is 6.07 Å². The van der Waals surface area contributed by atoms with Gasteiger partial charge in [-0.05, 0) is 17.0 Å². The molecule has 2 rings (SSSR count). The van der Waals surface area contributed by atoms with Crippen molar-refractivity contribution in [3.05, 3.63) is 63.8 Å². The number of hydrogen-bond acceptors (Lipinski definition) is 4. The fraction of sp³-hybridized carbons (Fsp3) is 0.312. The summed E-state index contributed by atoms with van der Waals surface area (Å²) < 4.78 is 0. The third kappa shape index (κ3) is 3.78. The van der Waals surface area contributed by atoms with Crippen LogP contribution >= 0.6 is 0 Å². The van der Waals surface area contributed by atoms with Gasteiger partial charge in [-0.25, -0.2) is 4.98 Å². The van der Waals surface area contributed by atoms with Gasteiger partial charge in [0.1, 0.15) is 5.82 Å². The lowest BCUT2D eigenvalue weighted by atomic mass is 9.88. The smallest absolute Gasteiger partial charge is 0.274 e. The van der Waals surface area contributed by atoms with E-state index in [4.69, 9.17) is 0 Å². The standard InChI is InChI=1S/C16H19N3O2/c1-16(2,3)13-8-9-15(18-11-13)17-10-12-6-4-5-7-14(12)19(20)21/h4-9,11H,10H2,1-3H3,(H,17,18). The summed E-state index contributed by atoms with van der Waals surface area (Å²) in [6, 6.07) is 10.6. The highest BCUT2D eigenvalue weighted by Gasteiger charge is 2.14. The summed E-state index contributed by atoms with van der Waals surface area (Å²) >= 11 is 0. The van der Waals surface area contributed by atoms with Crippen LogP contribution in [0.4, 0.5) is 11.5 Å². The summed E-state index contributed by atoms with van der Waals surface area (Å²) in [6.45, 7) is 6.76. The Labute approximate surface area is 124 Å². The molecule has 0 fully saturated rings. The monoisotopic (exact) mass is 285 g/mol. The van der Waals surface area contributed by atoms with Gasteiger partial charge in [0, 0.05) is 24.4 Å². The minimum atomic E-state index is -0.368. The highest BCUT2D eigenvalue weighted by atomic mass is 16.6. The zero-order valence-corrected chi connectivity index (χ0v) is 12.5. The quantitative estimate of drug-likeness (QED) is 0.683. The van der Waals surface area contributed by atoms with Crippen LogP contribution in [0.5, 0.6) is 0 Å². The van der Waals surface area contributed by atoms with Crippen molar-refractivity contribution >= 4 is 11.5 Å². The van der Waals surface area contributed by atoms with Gasteiger partial charge in [-0.2, -0.15) is 0 Å². The number of pyridine rings is 1. The molecule has 0 aliphatic carbocycles. The molecule has 110 valence electrons. The van der Waals surface area contributed by atoms with Crippen LogP contribution in [0.25, 0.3) is 0 Å². The van der Waals surface area contributed by atoms with E-state index in [1.807, 2.05) is 18.3 Å². The van der Waals surface area contributed by atoms with Gasteiger partial charge >= 0.3 is 0 Å². The van der Waals surface area contributed by atoms with Crippen LogP contribution in [0, 0.1) is 10.1 Å². The second-order valence-electron chi connectivity index (χ2n) is 5.92. The van der Waals surface area contributed by atoms with Crippen LogP contribution in [0.1, 0.15) is 31.9 Å². The number of hydrogen-bond donors (Lipinski definition) is 1. The summed E-state index contributed by atoms with van der Waals surface area (Å²) in [5.74, 6) is 0.709. The lowest BCUT2D eigenvalue weighted by molar-refractivity contribution is -0.385. The van der Waals surface area contributed by atoms with E-state index in [0.29, 0.717) is 17.9 Å². The number of nitrogens with one attached hydrogen (secondary N) is 1. The molecule has 0 unspecified atom stereocenters. The number of nitro benzene ring substituents is 1. The van der Waals surface area contributed by atoms with E-state index in [9.17, 15) is 10.1 Å². The molecule has 1 aromatic heterocycles. The van der Waals surface area contributed by atoms with Gasteiger partial charge in [-0.3, -0.25) is 10.1 Å². The maximum Gasteiger partial charge on any atom is 0.274 e. The van der Waals surface area contributed by atoms with Crippen molar-refractivity contribution in [1.29, 1.82) is 0 Å². The van der Waals surface area contributed by atoms with Crippen LogP contribution in [0.15, 0.2) is 42.6 Å². The number of nitro groups is 1. The van der Waals surface area contributed by atoms with Crippen LogP contribution in [0.3, 0.4) is 0 Å². The third-order valence-corrected chi connectivity index (χ3v) is 3.28. The molecule has 1 aromatic carbocycles. The van der Waals surface area contributed by atoms with E-state index in [-0.39, 0.29) is 16.0 Å². The Morgan fingerprint density at radius 2 is 1.90 bits per heavy atom. The molecule has 0 bridgehead atoms. The molecule has 0 saturated heterocycles. The summed E-state index contributed by atoms with van der Waals surface area (Å²) in [5.41, 5.74) is 1.98. The Morgan fingerprint density at radius 3 is 2.48 bits per heavy atom. The van der Waals surface area contributed by atoms with E-state index in [2.05, 4.69) is 31.1 Å². The van der Waals surface area contributed by atoms with Gasteiger partial charge in [0.25, 0.3) is 5.69 Å². The minimum Gasteiger partial charge on any atom is -0.366 e. The van der Waals surface area contributed by atoms with Crippen molar-refractivity contribution in [3.63, 3.8) is 0 Å². The zero-order valence-electron chi connectivity index (χ0n) is 12.5. The molecule has 0 spiro atoms. The number of anilines is 1. The first-order valence-electron chi connectivity index (χ1n) is 6.80. The zero-order chi connectivity index (χ0) is 15.5. The van der Waals surface area contributed by atoms with Gasteiger partial charge < -0.3 is 5.32 Å². The predicted octanol–water partition coefficient (Wildman–Crippen LogP) is 3.90. The van der Waals surface area contributed by atoms with Crippen molar-refractivity contribution in [2.45, 2.75) is 32.7 Å². The molecule has 0 aliphatic rings. The Morgan fingerprint density at radius 1 is 1.19 bits per heavy atom. The maximum atomic E-state index is 11.0. The van der Waals surface area contributed by atoms with Crippen molar-refractivity contribution in [2.75, 3.05) is 5.32 Å². The summed E-state index contributed by atoms with van der Waals surface area (Å²) in [6.07, 6.45) is 1.84. The molecular formula is C16H19N3O2. The first-order chi connectivity index (χ1) is 9.88. The van der Waals surface area contributed by atoms with Gasteiger partial charge in [0.2, 0.25) is 0 Å². The molecule has 0 aliphatic heterocycles. The van der Waals surface area contributed by atoms with Gasteiger partial charge in [0.15, 0.2) is 0 Å². The molecule has 0 amide bonds. The van der Waals surface area contributed by atoms with Gasteiger partial charge in [-0.15, -0.1) is 0 Å². The number of para-hydroxylation sites is 1. The van der Waals surface area contributed by atoms with Gasteiger partial charge in [-0.1, -0.05) is 45.0 Å². The number of rotatable bonds is 4. The van der Waals surface area contributed by atoms with Crippen molar-refractivity contribution in [2.24, 2.45) is 0 Å². The fourth-order valence-electron chi connectivity index (χ4n) is 1.97. The average molecular weight is 285 g/mol. The SMILES string of the molecule is CC(C)(C)c1ccc(NCc2ccccc2[N+](=O)[O-])nc1. The Kier molecular flexibility index (Phi) is 4.21. The third-order valence-electron chi connectivity index (χ3n) is 3.28. The Bertz CT molecular complexity index is 631. The molecule has 0 saturated carbocycles. The van der Waals surface area contributed by atoms with Crippen molar-refractivity contribution < 1.29 is 4.92 Å². The molecule has 0 atom stereocenters. The molecular weight excluding hydrogens is 266 g/mol. The highest BCUT2D eigenvalue weighted by molar-refractivity contribution is 5.44. The molecule has 1 N–H and O–H groups in total. The number of aromatic nitrogens is 1. The number of nitrogens with zero attached hydrogens (tertiary/aromatic N) is 2. The maximum absolute atomic E-state index is 11.0. The number of benzene rings is 1. The fourth-order valence-corrected chi connectivity index (χ4v) is 1.97. The van der Waals surface area contributed by atoms with E-state index in [0.717, 1.165) is 5.56 Å².